The Morgan fingerprint density at radius 3 is 3.29 bits per heavy atom. The first kappa shape index (κ1) is 11.1. The Morgan fingerprint density at radius 1 is 1.53 bits per heavy atom. The minimum Gasteiger partial charge on any atom is -0.375 e. The number of nitrogens with one attached hydrogen (secondary N) is 1. The zero-order valence-corrected chi connectivity index (χ0v) is 10.1. The first-order valence-corrected chi connectivity index (χ1v) is 6.50. The average Bonchev–Trinajstić information content (AvgIpc) is 2.71. The van der Waals surface area contributed by atoms with Crippen LogP contribution in [0.3, 0.4) is 0 Å². The van der Waals surface area contributed by atoms with E-state index in [9.17, 15) is 4.39 Å². The van der Waals surface area contributed by atoms with E-state index in [0.29, 0.717) is 0 Å². The van der Waals surface area contributed by atoms with Crippen molar-refractivity contribution in [3.8, 4) is 0 Å². The lowest BCUT2D eigenvalue weighted by atomic mass is 10.2. The monoisotopic (exact) mass is 252 g/mol. The summed E-state index contributed by atoms with van der Waals surface area (Å²) in [6.45, 7) is 2.54. The third kappa shape index (κ3) is 2.46. The first-order valence-electron chi connectivity index (χ1n) is 5.68. The standard InChI is InChI=1S/C12H13FN2OS/c13-8-1-2-10-11(5-8)17-12(15-10)6-9-7-14-3-4-16-9/h1-2,5,9,14H,3-4,6-7H2. The number of halogens is 1. The maximum absolute atomic E-state index is 13.0. The second-order valence-electron chi connectivity index (χ2n) is 4.12. The summed E-state index contributed by atoms with van der Waals surface area (Å²) in [6, 6.07) is 4.71. The molecule has 1 saturated heterocycles. The fourth-order valence-corrected chi connectivity index (χ4v) is 3.04. The van der Waals surface area contributed by atoms with Crippen LogP contribution in [0.4, 0.5) is 4.39 Å². The Balaban J connectivity index is 1.80. The third-order valence-electron chi connectivity index (χ3n) is 2.80. The summed E-state index contributed by atoms with van der Waals surface area (Å²) in [6.07, 6.45) is 0.989. The summed E-state index contributed by atoms with van der Waals surface area (Å²) in [5.41, 5.74) is 0.871. The van der Waals surface area contributed by atoms with Crippen LogP contribution < -0.4 is 5.32 Å². The van der Waals surface area contributed by atoms with E-state index in [1.807, 2.05) is 0 Å². The molecule has 90 valence electrons. The number of ether oxygens (including phenoxy) is 1. The van der Waals surface area contributed by atoms with Gasteiger partial charge < -0.3 is 10.1 Å². The van der Waals surface area contributed by atoms with E-state index in [1.165, 1.54) is 12.1 Å². The molecular weight excluding hydrogens is 239 g/mol. The molecule has 1 aromatic heterocycles. The van der Waals surface area contributed by atoms with Gasteiger partial charge in [-0.25, -0.2) is 9.37 Å². The summed E-state index contributed by atoms with van der Waals surface area (Å²) in [7, 11) is 0. The molecule has 2 heterocycles. The third-order valence-corrected chi connectivity index (χ3v) is 3.84. The first-order chi connectivity index (χ1) is 8.31. The molecular formula is C12H13FN2OS. The van der Waals surface area contributed by atoms with Crippen molar-refractivity contribution in [1.82, 2.24) is 10.3 Å². The van der Waals surface area contributed by atoms with Crippen molar-refractivity contribution in [2.75, 3.05) is 19.7 Å². The molecule has 1 N–H and O–H groups in total. The Labute approximate surface area is 103 Å². The lowest BCUT2D eigenvalue weighted by Crippen LogP contribution is -2.39. The van der Waals surface area contributed by atoms with Crippen LogP contribution in [0.15, 0.2) is 18.2 Å². The highest BCUT2D eigenvalue weighted by molar-refractivity contribution is 7.18. The maximum Gasteiger partial charge on any atom is 0.124 e. The van der Waals surface area contributed by atoms with Gasteiger partial charge in [-0.1, -0.05) is 0 Å². The zero-order valence-electron chi connectivity index (χ0n) is 9.28. The second kappa shape index (κ2) is 4.68. The van der Waals surface area contributed by atoms with Crippen molar-refractivity contribution in [3.05, 3.63) is 29.0 Å². The number of hydrogen-bond donors (Lipinski definition) is 1. The molecule has 3 nitrogen and oxygen atoms in total. The number of fused-ring (bicyclic) bond motifs is 1. The van der Waals surface area contributed by atoms with Crippen LogP contribution in [0.25, 0.3) is 10.2 Å². The van der Waals surface area contributed by atoms with E-state index in [0.717, 1.165) is 41.3 Å². The average molecular weight is 252 g/mol. The van der Waals surface area contributed by atoms with Crippen LogP contribution in [0.1, 0.15) is 5.01 Å². The van der Waals surface area contributed by atoms with Crippen molar-refractivity contribution in [2.45, 2.75) is 12.5 Å². The summed E-state index contributed by atoms with van der Waals surface area (Å²) < 4.78 is 19.6. The Bertz CT molecular complexity index is 522. The molecule has 17 heavy (non-hydrogen) atoms. The van der Waals surface area contributed by atoms with Gasteiger partial charge in [0.2, 0.25) is 0 Å². The number of rotatable bonds is 2. The number of nitrogens with zero attached hydrogens (tertiary/aromatic N) is 1. The molecule has 2 aromatic rings. The van der Waals surface area contributed by atoms with Crippen molar-refractivity contribution >= 4 is 21.6 Å². The molecule has 1 aliphatic rings. The van der Waals surface area contributed by atoms with E-state index < -0.39 is 0 Å². The summed E-state index contributed by atoms with van der Waals surface area (Å²) in [4.78, 5) is 4.49. The molecule has 0 spiro atoms. The van der Waals surface area contributed by atoms with Crippen LogP contribution in [-0.2, 0) is 11.2 Å². The molecule has 1 aliphatic heterocycles. The van der Waals surface area contributed by atoms with Crippen LogP contribution in [-0.4, -0.2) is 30.8 Å². The molecule has 0 saturated carbocycles. The highest BCUT2D eigenvalue weighted by Crippen LogP contribution is 2.24. The molecule has 0 radical (unpaired) electrons. The molecule has 1 atom stereocenters. The Kier molecular flexibility index (Phi) is 3.05. The van der Waals surface area contributed by atoms with Gasteiger partial charge >= 0.3 is 0 Å². The molecule has 1 unspecified atom stereocenters. The largest absolute Gasteiger partial charge is 0.375 e. The normalized spacial score (nSPS) is 20.9. The van der Waals surface area contributed by atoms with E-state index >= 15 is 0 Å². The van der Waals surface area contributed by atoms with Crippen LogP contribution >= 0.6 is 11.3 Å². The quantitative estimate of drug-likeness (QED) is 0.887. The molecule has 5 heteroatoms. The fraction of sp³-hybridized carbons (Fsp3) is 0.417. The van der Waals surface area contributed by atoms with Gasteiger partial charge in [-0.2, -0.15) is 0 Å². The zero-order chi connectivity index (χ0) is 11.7. The summed E-state index contributed by atoms with van der Waals surface area (Å²) in [5, 5.41) is 4.30. The number of benzene rings is 1. The van der Waals surface area contributed by atoms with Crippen molar-refractivity contribution in [3.63, 3.8) is 0 Å². The van der Waals surface area contributed by atoms with Crippen LogP contribution in [0, 0.1) is 5.82 Å². The van der Waals surface area contributed by atoms with E-state index in [-0.39, 0.29) is 11.9 Å². The molecule has 0 amide bonds. The molecule has 0 aliphatic carbocycles. The Morgan fingerprint density at radius 2 is 2.47 bits per heavy atom. The van der Waals surface area contributed by atoms with Crippen molar-refractivity contribution in [2.24, 2.45) is 0 Å². The molecule has 1 aromatic carbocycles. The van der Waals surface area contributed by atoms with Gasteiger partial charge in [0.25, 0.3) is 0 Å². The summed E-state index contributed by atoms with van der Waals surface area (Å²) >= 11 is 1.55. The van der Waals surface area contributed by atoms with E-state index in [1.54, 1.807) is 17.4 Å². The van der Waals surface area contributed by atoms with Crippen molar-refractivity contribution in [1.29, 1.82) is 0 Å². The Hall–Kier alpha value is -1.04. The topological polar surface area (TPSA) is 34.2 Å². The number of hydrogen-bond acceptors (Lipinski definition) is 4. The fourth-order valence-electron chi connectivity index (χ4n) is 1.98. The minimum absolute atomic E-state index is 0.189. The van der Waals surface area contributed by atoms with Crippen LogP contribution in [0.5, 0.6) is 0 Å². The number of thiazole rings is 1. The second-order valence-corrected chi connectivity index (χ2v) is 5.24. The lowest BCUT2D eigenvalue weighted by molar-refractivity contribution is 0.0292. The maximum atomic E-state index is 13.0. The molecule has 3 rings (SSSR count). The molecule has 1 fully saturated rings. The SMILES string of the molecule is Fc1ccc2nc(CC3CNCCO3)sc2c1. The molecule has 0 bridgehead atoms. The van der Waals surface area contributed by atoms with Gasteiger partial charge in [0.1, 0.15) is 5.82 Å². The van der Waals surface area contributed by atoms with Gasteiger partial charge in [-0.15, -0.1) is 11.3 Å². The number of morpholine rings is 1. The highest BCUT2D eigenvalue weighted by Gasteiger charge is 2.16. The smallest absolute Gasteiger partial charge is 0.124 e. The predicted molar refractivity (Wildman–Crippen MR) is 65.9 cm³/mol. The lowest BCUT2D eigenvalue weighted by Gasteiger charge is -2.22. The summed E-state index contributed by atoms with van der Waals surface area (Å²) in [5.74, 6) is -0.205. The van der Waals surface area contributed by atoms with Gasteiger partial charge in [0.05, 0.1) is 27.9 Å². The van der Waals surface area contributed by atoms with Gasteiger partial charge in [0.15, 0.2) is 0 Å². The van der Waals surface area contributed by atoms with Gasteiger partial charge in [-0.3, -0.25) is 0 Å². The number of aromatic nitrogens is 1. The predicted octanol–water partition coefficient (Wildman–Crippen LogP) is 1.97. The highest BCUT2D eigenvalue weighted by atomic mass is 32.1. The van der Waals surface area contributed by atoms with E-state index in [4.69, 9.17) is 4.74 Å². The van der Waals surface area contributed by atoms with Crippen molar-refractivity contribution < 1.29 is 9.13 Å². The van der Waals surface area contributed by atoms with Crippen LogP contribution in [0.2, 0.25) is 0 Å². The van der Waals surface area contributed by atoms with Gasteiger partial charge in [0, 0.05) is 19.5 Å². The van der Waals surface area contributed by atoms with E-state index in [2.05, 4.69) is 10.3 Å². The minimum atomic E-state index is -0.205. The van der Waals surface area contributed by atoms with Gasteiger partial charge in [-0.05, 0) is 18.2 Å².